The van der Waals surface area contributed by atoms with Gasteiger partial charge < -0.3 is 0 Å². The summed E-state index contributed by atoms with van der Waals surface area (Å²) in [7, 11) is 0. The van der Waals surface area contributed by atoms with Gasteiger partial charge in [-0.25, -0.2) is 0 Å². The van der Waals surface area contributed by atoms with Gasteiger partial charge in [-0.15, -0.1) is 0 Å². The molecule has 0 unspecified atom stereocenters. The fourth-order valence-electron chi connectivity index (χ4n) is 1.38. The molecule has 15 heavy (non-hydrogen) atoms. The van der Waals surface area contributed by atoms with E-state index in [1.54, 1.807) is 12.1 Å². The van der Waals surface area contributed by atoms with E-state index in [4.69, 9.17) is 34.8 Å². The van der Waals surface area contributed by atoms with Crippen LogP contribution in [0.2, 0.25) is 15.1 Å². The summed E-state index contributed by atoms with van der Waals surface area (Å²) in [5.74, 6) is 0. The molecule has 0 fully saturated rings. The van der Waals surface area contributed by atoms with E-state index in [1.807, 2.05) is 30.3 Å². The number of hydrogen-bond acceptors (Lipinski definition) is 0. The van der Waals surface area contributed by atoms with Crippen molar-refractivity contribution >= 4 is 34.8 Å². The van der Waals surface area contributed by atoms with Crippen molar-refractivity contribution in [3.05, 3.63) is 57.5 Å². The van der Waals surface area contributed by atoms with E-state index in [0.717, 1.165) is 11.1 Å². The zero-order chi connectivity index (χ0) is 10.8. The van der Waals surface area contributed by atoms with Crippen LogP contribution in [0.5, 0.6) is 0 Å². The van der Waals surface area contributed by atoms with Crippen LogP contribution in [-0.4, -0.2) is 0 Å². The number of rotatable bonds is 1. The van der Waals surface area contributed by atoms with Crippen LogP contribution in [0.1, 0.15) is 0 Å². The molecule has 0 atom stereocenters. The molecule has 3 heteroatoms. The normalized spacial score (nSPS) is 10.3. The Labute approximate surface area is 103 Å². The molecular weight excluding hydrogens is 250 g/mol. The third-order valence-corrected chi connectivity index (χ3v) is 2.99. The standard InChI is InChI=1S/C12H7Cl3/c13-8-5-6-12(15)10(7-8)9-3-1-2-4-11(9)14/h1-7H. The second kappa shape index (κ2) is 4.44. The maximum absolute atomic E-state index is 6.09. The zero-order valence-corrected chi connectivity index (χ0v) is 9.94. The monoisotopic (exact) mass is 256 g/mol. The first-order valence-corrected chi connectivity index (χ1v) is 5.52. The van der Waals surface area contributed by atoms with Gasteiger partial charge in [-0.05, 0) is 24.3 Å². The van der Waals surface area contributed by atoms with Crippen LogP contribution in [0, 0.1) is 0 Å². The van der Waals surface area contributed by atoms with Gasteiger partial charge >= 0.3 is 0 Å². The maximum Gasteiger partial charge on any atom is 0.0485 e. The Morgan fingerprint density at radius 3 is 2.07 bits per heavy atom. The highest BCUT2D eigenvalue weighted by Crippen LogP contribution is 2.34. The molecule has 0 heterocycles. The van der Waals surface area contributed by atoms with Gasteiger partial charge in [0.05, 0.1) is 0 Å². The molecule has 0 aliphatic heterocycles. The third kappa shape index (κ3) is 2.28. The molecule has 2 aromatic rings. The van der Waals surface area contributed by atoms with Crippen molar-refractivity contribution in [2.75, 3.05) is 0 Å². The van der Waals surface area contributed by atoms with Crippen LogP contribution in [0.25, 0.3) is 11.1 Å². The summed E-state index contributed by atoms with van der Waals surface area (Å²) in [6.45, 7) is 0. The number of benzene rings is 2. The van der Waals surface area contributed by atoms with Gasteiger partial charge in [0.15, 0.2) is 0 Å². The molecule has 0 spiro atoms. The molecule has 0 saturated heterocycles. The molecule has 0 aliphatic carbocycles. The molecule has 0 nitrogen and oxygen atoms in total. The highest BCUT2D eigenvalue weighted by Gasteiger charge is 2.07. The molecule has 0 aliphatic rings. The van der Waals surface area contributed by atoms with Crippen molar-refractivity contribution in [1.29, 1.82) is 0 Å². The Morgan fingerprint density at radius 2 is 1.33 bits per heavy atom. The lowest BCUT2D eigenvalue weighted by Crippen LogP contribution is -1.81. The van der Waals surface area contributed by atoms with Gasteiger partial charge in [0, 0.05) is 26.2 Å². The molecule has 0 bridgehead atoms. The largest absolute Gasteiger partial charge is 0.0843 e. The SMILES string of the molecule is Clc1ccc(Cl)c(-c2ccccc2Cl)c1. The van der Waals surface area contributed by atoms with E-state index in [1.165, 1.54) is 0 Å². The Hall–Kier alpha value is -0.690. The second-order valence-electron chi connectivity index (χ2n) is 3.10. The molecule has 0 saturated carbocycles. The minimum absolute atomic E-state index is 0.646. The van der Waals surface area contributed by atoms with Gasteiger partial charge in [0.1, 0.15) is 0 Å². The smallest absolute Gasteiger partial charge is 0.0485 e. The maximum atomic E-state index is 6.09. The first-order valence-electron chi connectivity index (χ1n) is 4.38. The lowest BCUT2D eigenvalue weighted by atomic mass is 10.1. The molecule has 2 aromatic carbocycles. The number of hydrogen-bond donors (Lipinski definition) is 0. The first-order chi connectivity index (χ1) is 7.18. The van der Waals surface area contributed by atoms with Gasteiger partial charge in [-0.1, -0.05) is 53.0 Å². The van der Waals surface area contributed by atoms with Crippen molar-refractivity contribution in [2.45, 2.75) is 0 Å². The Balaban J connectivity index is 2.64. The fraction of sp³-hybridized carbons (Fsp3) is 0. The highest BCUT2D eigenvalue weighted by molar-refractivity contribution is 6.37. The van der Waals surface area contributed by atoms with Gasteiger partial charge in [0.25, 0.3) is 0 Å². The second-order valence-corrected chi connectivity index (χ2v) is 4.35. The summed E-state index contributed by atoms with van der Waals surface area (Å²) in [6, 6.07) is 12.9. The van der Waals surface area contributed by atoms with Crippen molar-refractivity contribution in [2.24, 2.45) is 0 Å². The summed E-state index contributed by atoms with van der Waals surface area (Å²) < 4.78 is 0. The van der Waals surface area contributed by atoms with Crippen molar-refractivity contribution in [3.8, 4) is 11.1 Å². The summed E-state index contributed by atoms with van der Waals surface area (Å²) in [6.07, 6.45) is 0. The Kier molecular flexibility index (Phi) is 3.20. The lowest BCUT2D eigenvalue weighted by Gasteiger charge is -2.06. The predicted octanol–water partition coefficient (Wildman–Crippen LogP) is 5.31. The first kappa shape index (κ1) is 10.8. The molecule has 76 valence electrons. The van der Waals surface area contributed by atoms with Crippen LogP contribution in [0.4, 0.5) is 0 Å². The van der Waals surface area contributed by atoms with Crippen molar-refractivity contribution in [3.63, 3.8) is 0 Å². The lowest BCUT2D eigenvalue weighted by molar-refractivity contribution is 1.61. The quantitative estimate of drug-likeness (QED) is 0.649. The van der Waals surface area contributed by atoms with Crippen molar-refractivity contribution < 1.29 is 0 Å². The fourth-order valence-corrected chi connectivity index (χ4v) is 2.01. The van der Waals surface area contributed by atoms with E-state index in [2.05, 4.69) is 0 Å². The van der Waals surface area contributed by atoms with Crippen LogP contribution >= 0.6 is 34.8 Å². The van der Waals surface area contributed by atoms with Gasteiger partial charge in [0.2, 0.25) is 0 Å². The highest BCUT2D eigenvalue weighted by atomic mass is 35.5. The molecule has 0 N–H and O–H groups in total. The average Bonchev–Trinajstić information content (AvgIpc) is 2.23. The molecule has 2 rings (SSSR count). The van der Waals surface area contributed by atoms with Crippen LogP contribution in [-0.2, 0) is 0 Å². The van der Waals surface area contributed by atoms with E-state index < -0.39 is 0 Å². The van der Waals surface area contributed by atoms with E-state index in [0.29, 0.717) is 15.1 Å². The number of halogens is 3. The minimum atomic E-state index is 0.646. The summed E-state index contributed by atoms with van der Waals surface area (Å²) in [4.78, 5) is 0. The third-order valence-electron chi connectivity index (χ3n) is 2.09. The van der Waals surface area contributed by atoms with E-state index >= 15 is 0 Å². The Morgan fingerprint density at radius 1 is 0.667 bits per heavy atom. The van der Waals surface area contributed by atoms with Crippen molar-refractivity contribution in [1.82, 2.24) is 0 Å². The molecule has 0 amide bonds. The zero-order valence-electron chi connectivity index (χ0n) is 7.68. The topological polar surface area (TPSA) is 0 Å². The molecule has 0 aromatic heterocycles. The van der Waals surface area contributed by atoms with E-state index in [9.17, 15) is 0 Å². The average molecular weight is 258 g/mol. The van der Waals surface area contributed by atoms with Gasteiger partial charge in [-0.3, -0.25) is 0 Å². The van der Waals surface area contributed by atoms with Crippen LogP contribution < -0.4 is 0 Å². The summed E-state index contributed by atoms with van der Waals surface area (Å²) in [5.41, 5.74) is 1.75. The summed E-state index contributed by atoms with van der Waals surface area (Å²) in [5, 5.41) is 1.96. The molecular formula is C12H7Cl3. The Bertz CT molecular complexity index is 492. The summed E-state index contributed by atoms with van der Waals surface area (Å²) >= 11 is 18.1. The van der Waals surface area contributed by atoms with Gasteiger partial charge in [-0.2, -0.15) is 0 Å². The predicted molar refractivity (Wildman–Crippen MR) is 66.9 cm³/mol. The minimum Gasteiger partial charge on any atom is -0.0843 e. The van der Waals surface area contributed by atoms with Crippen LogP contribution in [0.3, 0.4) is 0 Å². The van der Waals surface area contributed by atoms with E-state index in [-0.39, 0.29) is 0 Å². The molecule has 0 radical (unpaired) electrons. The van der Waals surface area contributed by atoms with Crippen LogP contribution in [0.15, 0.2) is 42.5 Å².